The van der Waals surface area contributed by atoms with E-state index in [2.05, 4.69) is 21.2 Å². The molecule has 0 saturated carbocycles. The second-order valence-corrected chi connectivity index (χ2v) is 6.92. The van der Waals surface area contributed by atoms with E-state index in [-0.39, 0.29) is 17.4 Å². The number of benzene rings is 1. The lowest BCUT2D eigenvalue weighted by Crippen LogP contribution is -2.24. The van der Waals surface area contributed by atoms with Crippen LogP contribution in [-0.2, 0) is 0 Å². The Balaban J connectivity index is 1.97. The molecule has 0 saturated heterocycles. The molecule has 21 heavy (non-hydrogen) atoms. The fourth-order valence-electron chi connectivity index (χ4n) is 2.13. The third kappa shape index (κ3) is 2.28. The van der Waals surface area contributed by atoms with Gasteiger partial charge in [-0.1, -0.05) is 6.07 Å². The SMILES string of the molecule is CN1C(=O)c2cccc(NC(=O)c3ccc(Br)s3)c2C1=O. The maximum Gasteiger partial charge on any atom is 0.265 e. The highest BCUT2D eigenvalue weighted by atomic mass is 79.9. The van der Waals surface area contributed by atoms with Crippen molar-refractivity contribution in [2.24, 2.45) is 0 Å². The van der Waals surface area contributed by atoms with Crippen LogP contribution in [0.4, 0.5) is 5.69 Å². The fourth-order valence-corrected chi connectivity index (χ4v) is 3.41. The molecule has 0 atom stereocenters. The molecule has 3 rings (SSSR count). The zero-order valence-electron chi connectivity index (χ0n) is 10.8. The molecule has 0 aliphatic carbocycles. The number of carbonyl (C=O) groups excluding carboxylic acids is 3. The summed E-state index contributed by atoms with van der Waals surface area (Å²) in [5.41, 5.74) is 0.909. The number of fused-ring (bicyclic) bond motifs is 1. The molecule has 5 nitrogen and oxygen atoms in total. The van der Waals surface area contributed by atoms with Crippen LogP contribution < -0.4 is 5.32 Å². The highest BCUT2D eigenvalue weighted by Crippen LogP contribution is 2.29. The number of anilines is 1. The van der Waals surface area contributed by atoms with Gasteiger partial charge in [0.05, 0.1) is 25.5 Å². The van der Waals surface area contributed by atoms with Gasteiger partial charge in [-0.3, -0.25) is 19.3 Å². The lowest BCUT2D eigenvalue weighted by Gasteiger charge is -2.07. The summed E-state index contributed by atoms with van der Waals surface area (Å²) in [6.07, 6.45) is 0. The standard InChI is InChI=1S/C14H9BrN2O3S/c1-17-13(19)7-3-2-4-8(11(7)14(17)20)16-12(18)9-5-6-10(15)21-9/h2-6H,1H3,(H,16,18). The largest absolute Gasteiger partial charge is 0.321 e. The van der Waals surface area contributed by atoms with Gasteiger partial charge in [-0.15, -0.1) is 11.3 Å². The third-order valence-electron chi connectivity index (χ3n) is 3.16. The van der Waals surface area contributed by atoms with Crippen molar-refractivity contribution in [3.63, 3.8) is 0 Å². The maximum atomic E-state index is 12.2. The quantitative estimate of drug-likeness (QED) is 0.833. The van der Waals surface area contributed by atoms with Gasteiger partial charge >= 0.3 is 0 Å². The second kappa shape index (κ2) is 5.09. The Hall–Kier alpha value is -1.99. The molecule has 2 heterocycles. The van der Waals surface area contributed by atoms with Gasteiger partial charge in [0.25, 0.3) is 17.7 Å². The van der Waals surface area contributed by atoms with Crippen LogP contribution in [0.5, 0.6) is 0 Å². The van der Waals surface area contributed by atoms with Crippen LogP contribution in [0.25, 0.3) is 0 Å². The Kier molecular flexibility index (Phi) is 3.38. The number of hydrogen-bond donors (Lipinski definition) is 1. The number of hydrogen-bond acceptors (Lipinski definition) is 4. The molecule has 0 fully saturated rings. The number of amides is 3. The van der Waals surface area contributed by atoms with Crippen LogP contribution in [0.15, 0.2) is 34.1 Å². The first-order valence-electron chi connectivity index (χ1n) is 6.01. The van der Waals surface area contributed by atoms with E-state index in [0.29, 0.717) is 16.1 Å². The predicted octanol–water partition coefficient (Wildman–Crippen LogP) is 2.99. The number of thiophene rings is 1. The lowest BCUT2D eigenvalue weighted by molar-refractivity contribution is 0.0693. The van der Waals surface area contributed by atoms with Gasteiger partial charge in [0.15, 0.2) is 0 Å². The molecule has 1 aliphatic rings. The van der Waals surface area contributed by atoms with Crippen LogP contribution in [0.3, 0.4) is 0 Å². The minimum atomic E-state index is -0.404. The van der Waals surface area contributed by atoms with Crippen LogP contribution in [0.1, 0.15) is 30.4 Å². The molecule has 3 amide bonds. The zero-order valence-corrected chi connectivity index (χ0v) is 13.2. The minimum absolute atomic E-state index is 0.244. The molecule has 0 radical (unpaired) electrons. The van der Waals surface area contributed by atoms with Gasteiger partial charge < -0.3 is 5.32 Å². The van der Waals surface area contributed by atoms with Crippen LogP contribution >= 0.6 is 27.3 Å². The molecule has 1 aromatic carbocycles. The molecule has 2 aromatic rings. The van der Waals surface area contributed by atoms with Crippen molar-refractivity contribution in [2.45, 2.75) is 0 Å². The first-order valence-corrected chi connectivity index (χ1v) is 7.62. The van der Waals surface area contributed by atoms with Gasteiger partial charge in [-0.25, -0.2) is 0 Å². The van der Waals surface area contributed by atoms with E-state index in [1.807, 2.05) is 0 Å². The van der Waals surface area contributed by atoms with E-state index in [1.54, 1.807) is 30.3 Å². The molecular weight excluding hydrogens is 356 g/mol. The summed E-state index contributed by atoms with van der Waals surface area (Å²) in [4.78, 5) is 37.7. The Labute approximate surface area is 132 Å². The number of imide groups is 1. The summed E-state index contributed by atoms with van der Waals surface area (Å²) in [5, 5.41) is 2.69. The Morgan fingerprint density at radius 2 is 1.95 bits per heavy atom. The van der Waals surface area contributed by atoms with E-state index in [1.165, 1.54) is 18.4 Å². The zero-order chi connectivity index (χ0) is 15.1. The Morgan fingerprint density at radius 1 is 1.19 bits per heavy atom. The molecule has 1 aromatic heterocycles. The predicted molar refractivity (Wildman–Crippen MR) is 82.8 cm³/mol. The van der Waals surface area contributed by atoms with Crippen molar-refractivity contribution in [1.29, 1.82) is 0 Å². The monoisotopic (exact) mass is 364 g/mol. The van der Waals surface area contributed by atoms with Crippen molar-refractivity contribution in [3.8, 4) is 0 Å². The van der Waals surface area contributed by atoms with E-state index in [9.17, 15) is 14.4 Å². The average molecular weight is 365 g/mol. The minimum Gasteiger partial charge on any atom is -0.321 e. The molecule has 1 N–H and O–H groups in total. The molecule has 0 bridgehead atoms. The molecular formula is C14H9BrN2O3S. The van der Waals surface area contributed by atoms with Crippen LogP contribution in [0.2, 0.25) is 0 Å². The summed E-state index contributed by atoms with van der Waals surface area (Å²) in [5.74, 6) is -1.07. The topological polar surface area (TPSA) is 66.5 Å². The molecule has 106 valence electrons. The smallest absolute Gasteiger partial charge is 0.265 e. The number of nitrogens with one attached hydrogen (secondary N) is 1. The van der Waals surface area contributed by atoms with Crippen LogP contribution in [0, 0.1) is 0 Å². The van der Waals surface area contributed by atoms with Crippen molar-refractivity contribution in [1.82, 2.24) is 4.90 Å². The lowest BCUT2D eigenvalue weighted by atomic mass is 10.1. The second-order valence-electron chi connectivity index (χ2n) is 4.46. The van der Waals surface area contributed by atoms with Crippen molar-refractivity contribution >= 4 is 50.7 Å². The first-order chi connectivity index (χ1) is 9.99. The van der Waals surface area contributed by atoms with Crippen molar-refractivity contribution < 1.29 is 14.4 Å². The summed E-state index contributed by atoms with van der Waals surface area (Å²) in [7, 11) is 1.42. The van der Waals surface area contributed by atoms with E-state index in [0.717, 1.165) is 8.69 Å². The molecule has 0 spiro atoms. The van der Waals surface area contributed by atoms with Crippen LogP contribution in [-0.4, -0.2) is 29.7 Å². The molecule has 1 aliphatic heterocycles. The van der Waals surface area contributed by atoms with Gasteiger partial charge in [-0.2, -0.15) is 0 Å². The third-order valence-corrected chi connectivity index (χ3v) is 4.79. The number of halogens is 1. The highest BCUT2D eigenvalue weighted by molar-refractivity contribution is 9.11. The van der Waals surface area contributed by atoms with Gasteiger partial charge in [-0.05, 0) is 40.2 Å². The van der Waals surface area contributed by atoms with E-state index < -0.39 is 5.91 Å². The van der Waals surface area contributed by atoms with E-state index in [4.69, 9.17) is 0 Å². The Morgan fingerprint density at radius 3 is 2.62 bits per heavy atom. The first kappa shape index (κ1) is 14.0. The van der Waals surface area contributed by atoms with Gasteiger partial charge in [0, 0.05) is 7.05 Å². The van der Waals surface area contributed by atoms with Gasteiger partial charge in [0.2, 0.25) is 0 Å². The highest BCUT2D eigenvalue weighted by Gasteiger charge is 2.35. The van der Waals surface area contributed by atoms with E-state index >= 15 is 0 Å². The van der Waals surface area contributed by atoms with Crippen molar-refractivity contribution in [3.05, 3.63) is 50.1 Å². The summed E-state index contributed by atoms with van der Waals surface area (Å²) in [6.45, 7) is 0. The molecule has 7 heteroatoms. The summed E-state index contributed by atoms with van der Waals surface area (Å²) in [6, 6.07) is 8.30. The normalized spacial score (nSPS) is 13.5. The summed E-state index contributed by atoms with van der Waals surface area (Å²) < 4.78 is 0.844. The van der Waals surface area contributed by atoms with Gasteiger partial charge in [0.1, 0.15) is 0 Å². The number of carbonyl (C=O) groups is 3. The number of rotatable bonds is 2. The maximum absolute atomic E-state index is 12.2. The van der Waals surface area contributed by atoms with Crippen molar-refractivity contribution in [2.75, 3.05) is 12.4 Å². The Bertz CT molecular complexity index is 784. The fraction of sp³-hybridized carbons (Fsp3) is 0.0714. The number of nitrogens with zero attached hydrogens (tertiary/aromatic N) is 1. The molecule has 0 unspecified atom stereocenters. The average Bonchev–Trinajstić information content (AvgIpc) is 2.99. The summed E-state index contributed by atoms with van der Waals surface area (Å²) >= 11 is 4.59.